The van der Waals surface area contributed by atoms with Gasteiger partial charge >= 0.3 is 26.2 Å². The van der Waals surface area contributed by atoms with Gasteiger partial charge in [-0.25, -0.2) is 11.6 Å². The van der Waals surface area contributed by atoms with E-state index >= 15 is 0 Å². The fraction of sp³-hybridized carbons (Fsp3) is 0.136. The average Bonchev–Trinajstić information content (AvgIpc) is 3.15. The van der Waals surface area contributed by atoms with Crippen molar-refractivity contribution in [3.8, 4) is 0 Å². The average molecular weight is 450 g/mol. The number of hydrogen-bond acceptors (Lipinski definition) is 0. The van der Waals surface area contributed by atoms with Gasteiger partial charge in [-0.15, -0.1) is 39.7 Å². The van der Waals surface area contributed by atoms with E-state index in [0.29, 0.717) is 0 Å². The van der Waals surface area contributed by atoms with Crippen molar-refractivity contribution in [2.24, 2.45) is 0 Å². The maximum atomic E-state index is 2.24. The van der Waals surface area contributed by atoms with Crippen LogP contribution in [0.25, 0.3) is 21.5 Å². The molecule has 3 heteroatoms. The Hall–Kier alpha value is -0.877. The Morgan fingerprint density at radius 2 is 1.20 bits per heavy atom. The van der Waals surface area contributed by atoms with E-state index in [-0.39, 0.29) is 51.0 Å². The standard InChI is InChI=1S/C13H9.C6H7.C3H7.2ClH.Zr/c1-3-7-12-10(5-1)9-11-6-2-4-8-13(11)12;1-6-4-2-3-5-6;1-3-2;;;/h1-9H;2-5H,1H3;3H,1-2H3;2*1H;/q3*-1;;;+2/p-2. The molecule has 0 bridgehead atoms. The first-order valence-electron chi connectivity index (χ1n) is 7.71. The molecular weight excluding hydrogens is 426 g/mol. The van der Waals surface area contributed by atoms with E-state index in [1.54, 1.807) is 0 Å². The molecule has 0 fully saturated rings. The molecule has 0 aromatic heterocycles. The summed E-state index contributed by atoms with van der Waals surface area (Å²) in [6, 6.07) is 27.5. The second-order valence-electron chi connectivity index (χ2n) is 5.36. The first-order valence-corrected chi connectivity index (χ1v) is 7.71. The van der Waals surface area contributed by atoms with Gasteiger partial charge in [0.05, 0.1) is 0 Å². The minimum Gasteiger partial charge on any atom is -1.00 e. The first-order chi connectivity index (χ1) is 10.8. The predicted molar refractivity (Wildman–Crippen MR) is 99.5 cm³/mol. The summed E-state index contributed by atoms with van der Waals surface area (Å²) in [7, 11) is 0. The summed E-state index contributed by atoms with van der Waals surface area (Å²) in [5.41, 5.74) is 1.34. The Balaban J connectivity index is 0. The van der Waals surface area contributed by atoms with E-state index in [1.165, 1.54) is 27.1 Å². The Morgan fingerprint density at radius 3 is 1.52 bits per heavy atom. The van der Waals surface area contributed by atoms with Crippen LogP contribution in [0, 0.1) is 13.3 Å². The predicted octanol–water partition coefficient (Wildman–Crippen LogP) is 0.662. The van der Waals surface area contributed by atoms with Gasteiger partial charge < -0.3 is 31.2 Å². The van der Waals surface area contributed by atoms with Gasteiger partial charge in [0.2, 0.25) is 0 Å². The van der Waals surface area contributed by atoms with Crippen molar-refractivity contribution >= 4 is 21.5 Å². The van der Waals surface area contributed by atoms with E-state index in [2.05, 4.69) is 73.7 Å². The molecule has 0 saturated carbocycles. The summed E-state index contributed by atoms with van der Waals surface area (Å²) >= 11 is 0. The van der Waals surface area contributed by atoms with Crippen LogP contribution in [0.15, 0.2) is 78.9 Å². The van der Waals surface area contributed by atoms with Crippen molar-refractivity contribution in [2.75, 3.05) is 0 Å². The van der Waals surface area contributed by atoms with Crippen molar-refractivity contribution in [2.45, 2.75) is 20.8 Å². The molecule has 0 aliphatic heterocycles. The molecule has 0 saturated heterocycles. The van der Waals surface area contributed by atoms with E-state index in [0.717, 1.165) is 0 Å². The molecule has 0 aliphatic rings. The van der Waals surface area contributed by atoms with Gasteiger partial charge in [0.15, 0.2) is 0 Å². The summed E-state index contributed by atoms with van der Waals surface area (Å²) in [6.07, 6.45) is 2.00. The number of benzene rings is 2. The third-order valence-corrected chi connectivity index (χ3v) is 3.35. The van der Waals surface area contributed by atoms with Crippen molar-refractivity contribution in [1.82, 2.24) is 0 Å². The van der Waals surface area contributed by atoms with Crippen LogP contribution in [0.3, 0.4) is 0 Å². The molecule has 4 aromatic carbocycles. The molecule has 132 valence electrons. The van der Waals surface area contributed by atoms with Crippen molar-refractivity contribution < 1.29 is 51.0 Å². The maximum absolute atomic E-state index is 2.24. The van der Waals surface area contributed by atoms with Crippen LogP contribution in [0.1, 0.15) is 19.4 Å². The zero-order valence-electron chi connectivity index (χ0n) is 14.8. The molecule has 0 aliphatic carbocycles. The fourth-order valence-corrected chi connectivity index (χ4v) is 2.37. The van der Waals surface area contributed by atoms with Crippen LogP contribution in [-0.2, 0) is 26.2 Å². The van der Waals surface area contributed by atoms with E-state index in [1.807, 2.05) is 32.4 Å². The molecular formula is C22H23Cl2Zr-3. The van der Waals surface area contributed by atoms with E-state index < -0.39 is 0 Å². The Morgan fingerprint density at radius 1 is 0.760 bits per heavy atom. The van der Waals surface area contributed by atoms with Crippen LogP contribution in [0.4, 0.5) is 0 Å². The summed E-state index contributed by atoms with van der Waals surface area (Å²) < 4.78 is 0. The number of halogens is 2. The van der Waals surface area contributed by atoms with Gasteiger partial charge in [-0.1, -0.05) is 43.3 Å². The SMILES string of the molecule is C[CH-]C.Cc1cc[cH-]c1.[Cl-].[Cl-].[Zr+2].c1ccc2c(c1)[cH-]c1ccccc12. The molecule has 4 rings (SSSR count). The van der Waals surface area contributed by atoms with E-state index in [4.69, 9.17) is 0 Å². The number of fused-ring (bicyclic) bond motifs is 3. The van der Waals surface area contributed by atoms with Gasteiger partial charge in [-0.05, 0) is 0 Å². The van der Waals surface area contributed by atoms with Gasteiger partial charge in [0, 0.05) is 0 Å². The number of hydrogen-bond donors (Lipinski definition) is 0. The van der Waals surface area contributed by atoms with Gasteiger partial charge in [0.1, 0.15) is 0 Å². The molecule has 0 N–H and O–H groups in total. The summed E-state index contributed by atoms with van der Waals surface area (Å²) in [4.78, 5) is 0. The summed E-state index contributed by atoms with van der Waals surface area (Å²) in [6.45, 7) is 6.08. The van der Waals surface area contributed by atoms with Crippen LogP contribution >= 0.6 is 0 Å². The second-order valence-corrected chi connectivity index (χ2v) is 5.36. The van der Waals surface area contributed by atoms with Crippen LogP contribution in [-0.4, -0.2) is 0 Å². The van der Waals surface area contributed by atoms with Gasteiger partial charge in [-0.3, -0.25) is 0 Å². The zero-order chi connectivity index (χ0) is 15.8. The minimum atomic E-state index is 0. The molecule has 0 radical (unpaired) electrons. The quantitative estimate of drug-likeness (QED) is 0.346. The van der Waals surface area contributed by atoms with Crippen molar-refractivity contribution in [1.29, 1.82) is 0 Å². The van der Waals surface area contributed by atoms with Gasteiger partial charge in [0.25, 0.3) is 0 Å². The Bertz CT molecular complexity index is 751. The van der Waals surface area contributed by atoms with Crippen molar-refractivity contribution in [3.05, 3.63) is 90.8 Å². The third kappa shape index (κ3) is 7.91. The Kier molecular flexibility index (Phi) is 15.1. The third-order valence-electron chi connectivity index (χ3n) is 3.35. The monoisotopic (exact) mass is 447 g/mol. The number of aryl methyl sites for hydroxylation is 1. The fourth-order valence-electron chi connectivity index (χ4n) is 2.37. The second kappa shape index (κ2) is 14.3. The molecule has 0 amide bonds. The molecule has 4 aromatic rings. The Labute approximate surface area is 183 Å². The van der Waals surface area contributed by atoms with Crippen LogP contribution in [0.2, 0.25) is 0 Å². The smallest absolute Gasteiger partial charge is 1.00 e. The largest absolute Gasteiger partial charge is 2.00 e. The topological polar surface area (TPSA) is 0 Å². The maximum Gasteiger partial charge on any atom is 2.00 e. The molecule has 0 unspecified atom stereocenters. The molecule has 0 spiro atoms. The molecule has 0 heterocycles. The summed E-state index contributed by atoms with van der Waals surface area (Å²) in [5, 5.41) is 5.39. The van der Waals surface area contributed by atoms with Crippen LogP contribution in [0.5, 0.6) is 0 Å². The minimum absolute atomic E-state index is 0. The zero-order valence-corrected chi connectivity index (χ0v) is 18.8. The number of rotatable bonds is 0. The molecule has 0 atom stereocenters. The molecule has 0 nitrogen and oxygen atoms in total. The first kappa shape index (κ1) is 26.4. The van der Waals surface area contributed by atoms with E-state index in [9.17, 15) is 0 Å². The van der Waals surface area contributed by atoms with Crippen molar-refractivity contribution in [3.63, 3.8) is 0 Å². The molecule has 25 heavy (non-hydrogen) atoms. The normalized spacial score (nSPS) is 8.60. The van der Waals surface area contributed by atoms with Gasteiger partial charge in [-0.2, -0.15) is 32.0 Å². The van der Waals surface area contributed by atoms with Crippen LogP contribution < -0.4 is 24.8 Å². The summed E-state index contributed by atoms with van der Waals surface area (Å²) in [5.74, 6) is 0.